The molecule has 4 heteroatoms. The summed E-state index contributed by atoms with van der Waals surface area (Å²) < 4.78 is 21.9. The van der Waals surface area contributed by atoms with E-state index in [-0.39, 0.29) is 11.8 Å². The second-order valence-electron chi connectivity index (χ2n) is 5.27. The monoisotopic (exact) mass is 247 g/mol. The molecule has 0 radical (unpaired) electrons. The van der Waals surface area contributed by atoms with Gasteiger partial charge in [-0.2, -0.15) is 0 Å². The standard InChI is InChI=1S/C12H25NO2S/c1-16(14,15)9-5-8-12(13)10-11-6-3-2-4-7-11/h11-12H,2-10,13H2,1H3. The van der Waals surface area contributed by atoms with E-state index in [1.165, 1.54) is 38.4 Å². The Bertz CT molecular complexity index is 281. The van der Waals surface area contributed by atoms with Crippen LogP contribution in [0.3, 0.4) is 0 Å². The molecule has 0 aromatic rings. The summed E-state index contributed by atoms with van der Waals surface area (Å²) in [6.07, 6.45) is 10.7. The maximum absolute atomic E-state index is 11.0. The van der Waals surface area contributed by atoms with Gasteiger partial charge in [-0.1, -0.05) is 32.1 Å². The van der Waals surface area contributed by atoms with Crippen molar-refractivity contribution in [3.63, 3.8) is 0 Å². The SMILES string of the molecule is CS(=O)(=O)CCCC(N)CC1CCCCC1. The zero-order valence-corrected chi connectivity index (χ0v) is 11.1. The van der Waals surface area contributed by atoms with Gasteiger partial charge in [-0.25, -0.2) is 8.42 Å². The van der Waals surface area contributed by atoms with Gasteiger partial charge < -0.3 is 5.73 Å². The van der Waals surface area contributed by atoms with E-state index in [0.717, 1.165) is 18.8 Å². The van der Waals surface area contributed by atoms with Crippen molar-refractivity contribution in [3.05, 3.63) is 0 Å². The van der Waals surface area contributed by atoms with Crippen molar-refractivity contribution in [3.8, 4) is 0 Å². The zero-order valence-electron chi connectivity index (χ0n) is 10.3. The van der Waals surface area contributed by atoms with E-state index in [4.69, 9.17) is 5.73 Å². The number of rotatable bonds is 6. The van der Waals surface area contributed by atoms with Gasteiger partial charge in [0.05, 0.1) is 0 Å². The quantitative estimate of drug-likeness (QED) is 0.782. The van der Waals surface area contributed by atoms with Crippen LogP contribution in [-0.2, 0) is 9.84 Å². The predicted molar refractivity (Wildman–Crippen MR) is 68.1 cm³/mol. The summed E-state index contributed by atoms with van der Waals surface area (Å²) in [6.45, 7) is 0. The van der Waals surface area contributed by atoms with Gasteiger partial charge in [-0.15, -0.1) is 0 Å². The van der Waals surface area contributed by atoms with Crippen LogP contribution < -0.4 is 5.73 Å². The fraction of sp³-hybridized carbons (Fsp3) is 1.00. The van der Waals surface area contributed by atoms with E-state index < -0.39 is 9.84 Å². The van der Waals surface area contributed by atoms with Gasteiger partial charge in [-0.05, 0) is 25.2 Å². The molecule has 1 saturated carbocycles. The number of hydrogen-bond donors (Lipinski definition) is 1. The fourth-order valence-electron chi connectivity index (χ4n) is 2.58. The second kappa shape index (κ2) is 6.60. The molecule has 2 N–H and O–H groups in total. The molecule has 0 aromatic carbocycles. The molecule has 0 amide bonds. The van der Waals surface area contributed by atoms with E-state index in [0.29, 0.717) is 6.42 Å². The Morgan fingerprint density at radius 3 is 2.44 bits per heavy atom. The topological polar surface area (TPSA) is 60.2 Å². The van der Waals surface area contributed by atoms with Crippen molar-refractivity contribution >= 4 is 9.84 Å². The Kier molecular flexibility index (Phi) is 5.76. The minimum Gasteiger partial charge on any atom is -0.328 e. The highest BCUT2D eigenvalue weighted by Crippen LogP contribution is 2.27. The maximum atomic E-state index is 11.0. The van der Waals surface area contributed by atoms with Crippen LogP contribution in [0.4, 0.5) is 0 Å². The lowest BCUT2D eigenvalue weighted by molar-refractivity contribution is 0.312. The minimum absolute atomic E-state index is 0.199. The van der Waals surface area contributed by atoms with Gasteiger partial charge in [-0.3, -0.25) is 0 Å². The first-order valence-corrected chi connectivity index (χ1v) is 8.47. The summed E-state index contributed by atoms with van der Waals surface area (Å²) in [5, 5.41) is 0. The Labute approximate surface area is 99.7 Å². The third-order valence-electron chi connectivity index (χ3n) is 3.45. The molecule has 1 fully saturated rings. The molecule has 1 aliphatic rings. The zero-order chi connectivity index (χ0) is 12.0. The molecule has 16 heavy (non-hydrogen) atoms. The molecule has 0 spiro atoms. The molecule has 0 aliphatic heterocycles. The van der Waals surface area contributed by atoms with Gasteiger partial charge in [0.25, 0.3) is 0 Å². The summed E-state index contributed by atoms with van der Waals surface area (Å²) in [6, 6.07) is 0.199. The van der Waals surface area contributed by atoms with Crippen molar-refractivity contribution in [1.29, 1.82) is 0 Å². The van der Waals surface area contributed by atoms with E-state index in [9.17, 15) is 8.42 Å². The first-order valence-electron chi connectivity index (χ1n) is 6.40. The van der Waals surface area contributed by atoms with E-state index >= 15 is 0 Å². The van der Waals surface area contributed by atoms with Gasteiger partial charge >= 0.3 is 0 Å². The maximum Gasteiger partial charge on any atom is 0.147 e. The first-order chi connectivity index (χ1) is 7.47. The van der Waals surface area contributed by atoms with Gasteiger partial charge in [0.15, 0.2) is 0 Å². The molecule has 0 aromatic heterocycles. The molecular weight excluding hydrogens is 222 g/mol. The Balaban J connectivity index is 2.12. The van der Waals surface area contributed by atoms with Gasteiger partial charge in [0.2, 0.25) is 0 Å². The highest BCUT2D eigenvalue weighted by Gasteiger charge is 2.16. The average molecular weight is 247 g/mol. The third-order valence-corrected chi connectivity index (χ3v) is 4.48. The fourth-order valence-corrected chi connectivity index (χ4v) is 3.27. The van der Waals surface area contributed by atoms with Gasteiger partial charge in [0, 0.05) is 18.1 Å². The van der Waals surface area contributed by atoms with Crippen LogP contribution in [0.25, 0.3) is 0 Å². The summed E-state index contributed by atoms with van der Waals surface area (Å²) in [5.74, 6) is 1.08. The third kappa shape index (κ3) is 6.48. The summed E-state index contributed by atoms with van der Waals surface area (Å²) in [7, 11) is -2.81. The number of sulfone groups is 1. The normalized spacial score (nSPS) is 20.9. The van der Waals surface area contributed by atoms with Crippen molar-refractivity contribution in [2.75, 3.05) is 12.0 Å². The van der Waals surface area contributed by atoms with Crippen LogP contribution in [-0.4, -0.2) is 26.5 Å². The molecule has 1 rings (SSSR count). The van der Waals surface area contributed by atoms with Crippen LogP contribution >= 0.6 is 0 Å². The molecule has 1 unspecified atom stereocenters. The number of nitrogens with two attached hydrogens (primary N) is 1. The minimum atomic E-state index is -2.81. The average Bonchev–Trinajstić information content (AvgIpc) is 2.17. The molecule has 96 valence electrons. The lowest BCUT2D eigenvalue weighted by Gasteiger charge is -2.24. The number of hydrogen-bond acceptors (Lipinski definition) is 3. The highest BCUT2D eigenvalue weighted by atomic mass is 32.2. The molecule has 0 saturated heterocycles. The van der Waals surface area contributed by atoms with E-state index in [1.807, 2.05) is 0 Å². The van der Waals surface area contributed by atoms with E-state index in [1.54, 1.807) is 0 Å². The summed E-state index contributed by atoms with van der Waals surface area (Å²) in [5.41, 5.74) is 6.04. The summed E-state index contributed by atoms with van der Waals surface area (Å²) in [4.78, 5) is 0. The van der Waals surface area contributed by atoms with Crippen LogP contribution in [0.2, 0.25) is 0 Å². The predicted octanol–water partition coefficient (Wildman–Crippen LogP) is 2.11. The van der Waals surface area contributed by atoms with Crippen molar-refractivity contribution in [2.24, 2.45) is 11.7 Å². The largest absolute Gasteiger partial charge is 0.328 e. The molecular formula is C12H25NO2S. The Morgan fingerprint density at radius 2 is 1.88 bits per heavy atom. The van der Waals surface area contributed by atoms with Gasteiger partial charge in [0.1, 0.15) is 9.84 Å². The second-order valence-corrected chi connectivity index (χ2v) is 7.53. The van der Waals surface area contributed by atoms with Crippen molar-refractivity contribution < 1.29 is 8.42 Å². The molecule has 3 nitrogen and oxygen atoms in total. The van der Waals surface area contributed by atoms with Crippen LogP contribution in [0, 0.1) is 5.92 Å². The van der Waals surface area contributed by atoms with Crippen molar-refractivity contribution in [2.45, 2.75) is 57.4 Å². The molecule has 1 atom stereocenters. The lowest BCUT2D eigenvalue weighted by atomic mass is 9.84. The smallest absolute Gasteiger partial charge is 0.147 e. The molecule has 0 heterocycles. The molecule has 0 bridgehead atoms. The van der Waals surface area contributed by atoms with Crippen LogP contribution in [0.5, 0.6) is 0 Å². The Hall–Kier alpha value is -0.0900. The van der Waals surface area contributed by atoms with Crippen molar-refractivity contribution in [1.82, 2.24) is 0 Å². The lowest BCUT2D eigenvalue weighted by Crippen LogP contribution is -2.25. The van der Waals surface area contributed by atoms with Crippen LogP contribution in [0.1, 0.15) is 51.4 Å². The summed E-state index contributed by atoms with van der Waals surface area (Å²) >= 11 is 0. The first kappa shape index (κ1) is 14.0. The Morgan fingerprint density at radius 1 is 1.25 bits per heavy atom. The van der Waals surface area contributed by atoms with E-state index in [2.05, 4.69) is 0 Å². The van der Waals surface area contributed by atoms with Crippen LogP contribution in [0.15, 0.2) is 0 Å². The highest BCUT2D eigenvalue weighted by molar-refractivity contribution is 7.90. The molecule has 1 aliphatic carbocycles.